The molecule has 0 bridgehead atoms. The molecule has 0 amide bonds. The van der Waals surface area contributed by atoms with Crippen LogP contribution in [0, 0.1) is 0 Å². The topological polar surface area (TPSA) is 55.1 Å². The Bertz CT molecular complexity index is 1010. The van der Waals surface area contributed by atoms with E-state index in [0.29, 0.717) is 17.9 Å². The number of para-hydroxylation sites is 1. The first-order valence-corrected chi connectivity index (χ1v) is 10.2. The van der Waals surface area contributed by atoms with E-state index in [0.717, 1.165) is 43.4 Å². The molecule has 4 heteroatoms. The molecule has 4 rings (SSSR count). The Balaban J connectivity index is 1.82. The molecule has 0 saturated carbocycles. The highest BCUT2D eigenvalue weighted by molar-refractivity contribution is 5.64. The summed E-state index contributed by atoms with van der Waals surface area (Å²) >= 11 is 0. The van der Waals surface area contributed by atoms with Crippen LogP contribution in [0.5, 0.6) is 5.75 Å². The van der Waals surface area contributed by atoms with E-state index in [1.165, 1.54) is 18.4 Å². The van der Waals surface area contributed by atoms with E-state index >= 15 is 0 Å². The zero-order chi connectivity index (χ0) is 19.3. The van der Waals surface area contributed by atoms with Crippen molar-refractivity contribution in [1.29, 1.82) is 0 Å². The first-order valence-electron chi connectivity index (χ1n) is 10.2. The lowest BCUT2D eigenvalue weighted by atomic mass is 9.97. The Kier molecular flexibility index (Phi) is 5.56. The summed E-state index contributed by atoms with van der Waals surface area (Å²) in [5.74, 6) is 0.743. The molecule has 1 heterocycles. The van der Waals surface area contributed by atoms with Gasteiger partial charge < -0.3 is 5.11 Å². The number of phenols is 1. The monoisotopic (exact) mass is 374 g/mol. The lowest BCUT2D eigenvalue weighted by molar-refractivity contribution is 0.475. The number of hydrogen-bond acceptors (Lipinski definition) is 3. The minimum Gasteiger partial charge on any atom is -0.507 e. The molecule has 1 aliphatic carbocycles. The molecule has 1 aliphatic rings. The number of aromatic hydroxyl groups is 1. The summed E-state index contributed by atoms with van der Waals surface area (Å²) < 4.78 is 1.77. The summed E-state index contributed by atoms with van der Waals surface area (Å²) in [5, 5.41) is 10.4. The Morgan fingerprint density at radius 1 is 0.893 bits per heavy atom. The van der Waals surface area contributed by atoms with Gasteiger partial charge in [-0.15, -0.1) is 0 Å². The minimum absolute atomic E-state index is 0.0566. The summed E-state index contributed by atoms with van der Waals surface area (Å²) in [6.45, 7) is 0.548. The normalized spacial score (nSPS) is 14.1. The minimum atomic E-state index is 0.0566. The molecule has 0 aliphatic heterocycles. The van der Waals surface area contributed by atoms with Gasteiger partial charge in [-0.2, -0.15) is 0 Å². The van der Waals surface area contributed by atoms with E-state index in [2.05, 4.69) is 12.1 Å². The van der Waals surface area contributed by atoms with Gasteiger partial charge in [-0.25, -0.2) is 4.98 Å². The number of rotatable bonds is 4. The third kappa shape index (κ3) is 3.86. The van der Waals surface area contributed by atoms with Gasteiger partial charge in [0.15, 0.2) is 0 Å². The molecule has 4 nitrogen and oxygen atoms in total. The highest BCUT2D eigenvalue weighted by Gasteiger charge is 2.20. The van der Waals surface area contributed by atoms with Crippen LogP contribution in [0.3, 0.4) is 0 Å². The Morgan fingerprint density at radius 3 is 2.39 bits per heavy atom. The first kappa shape index (κ1) is 18.5. The van der Waals surface area contributed by atoms with E-state index in [1.54, 1.807) is 16.7 Å². The van der Waals surface area contributed by atoms with Crippen LogP contribution >= 0.6 is 0 Å². The van der Waals surface area contributed by atoms with Crippen molar-refractivity contribution in [3.05, 3.63) is 81.8 Å². The van der Waals surface area contributed by atoms with Crippen molar-refractivity contribution in [2.24, 2.45) is 0 Å². The second-order valence-corrected chi connectivity index (χ2v) is 7.48. The average molecular weight is 374 g/mol. The van der Waals surface area contributed by atoms with Gasteiger partial charge in [0.05, 0.1) is 11.3 Å². The lowest BCUT2D eigenvalue weighted by Gasteiger charge is -2.19. The maximum atomic E-state index is 13.4. The highest BCUT2D eigenvalue weighted by Crippen LogP contribution is 2.28. The molecule has 1 N–H and O–H groups in total. The molecule has 0 radical (unpaired) electrons. The van der Waals surface area contributed by atoms with Gasteiger partial charge in [-0.3, -0.25) is 9.36 Å². The predicted molar refractivity (Wildman–Crippen MR) is 112 cm³/mol. The average Bonchev–Trinajstić information content (AvgIpc) is 2.69. The van der Waals surface area contributed by atoms with Crippen molar-refractivity contribution in [2.45, 2.75) is 51.5 Å². The highest BCUT2D eigenvalue weighted by atomic mass is 16.3. The van der Waals surface area contributed by atoms with Crippen molar-refractivity contribution in [3.63, 3.8) is 0 Å². The fraction of sp³-hybridized carbons (Fsp3) is 0.333. The third-order valence-electron chi connectivity index (χ3n) is 5.55. The molecule has 2 aromatic carbocycles. The second kappa shape index (κ2) is 8.42. The molecule has 0 unspecified atom stereocenters. The summed E-state index contributed by atoms with van der Waals surface area (Å²) in [5.41, 5.74) is 3.65. The molecule has 28 heavy (non-hydrogen) atoms. The number of benzene rings is 2. The fourth-order valence-corrected chi connectivity index (χ4v) is 4.01. The van der Waals surface area contributed by atoms with E-state index in [-0.39, 0.29) is 11.3 Å². The summed E-state index contributed by atoms with van der Waals surface area (Å²) in [7, 11) is 0. The Morgan fingerprint density at radius 2 is 1.61 bits per heavy atom. The number of phenolic OH excluding ortho intramolecular Hbond substituents is 1. The number of nitrogens with zero attached hydrogens (tertiary/aromatic N) is 2. The van der Waals surface area contributed by atoms with Gasteiger partial charge in [-0.05, 0) is 49.8 Å². The van der Waals surface area contributed by atoms with Crippen LogP contribution in [0.2, 0.25) is 0 Å². The Labute approximate surface area is 165 Å². The smallest absolute Gasteiger partial charge is 0.257 e. The van der Waals surface area contributed by atoms with Crippen molar-refractivity contribution in [1.82, 2.24) is 9.55 Å². The van der Waals surface area contributed by atoms with Crippen molar-refractivity contribution in [3.8, 4) is 17.1 Å². The molecule has 0 fully saturated rings. The molecule has 3 aromatic rings. The lowest BCUT2D eigenvalue weighted by Crippen LogP contribution is -2.30. The second-order valence-electron chi connectivity index (χ2n) is 7.48. The van der Waals surface area contributed by atoms with Gasteiger partial charge in [0, 0.05) is 12.1 Å². The van der Waals surface area contributed by atoms with Crippen LogP contribution in [0.1, 0.15) is 42.5 Å². The molecular formula is C24H26N2O2. The van der Waals surface area contributed by atoms with Crippen LogP contribution in [-0.2, 0) is 25.8 Å². The number of fused-ring (bicyclic) bond motifs is 1. The van der Waals surface area contributed by atoms with E-state index in [1.807, 2.05) is 30.3 Å². The third-order valence-corrected chi connectivity index (χ3v) is 5.55. The maximum absolute atomic E-state index is 13.4. The van der Waals surface area contributed by atoms with Crippen LogP contribution in [-0.4, -0.2) is 14.7 Å². The quantitative estimate of drug-likeness (QED) is 0.731. The van der Waals surface area contributed by atoms with Crippen LogP contribution in [0.25, 0.3) is 11.4 Å². The van der Waals surface area contributed by atoms with Crippen molar-refractivity contribution < 1.29 is 5.11 Å². The molecular weight excluding hydrogens is 348 g/mol. The van der Waals surface area contributed by atoms with Gasteiger partial charge in [-0.1, -0.05) is 55.3 Å². The number of aromatic nitrogens is 2. The van der Waals surface area contributed by atoms with Crippen LogP contribution in [0.15, 0.2) is 59.4 Å². The summed E-state index contributed by atoms with van der Waals surface area (Å²) in [4.78, 5) is 18.4. The van der Waals surface area contributed by atoms with Crippen molar-refractivity contribution >= 4 is 0 Å². The molecule has 0 atom stereocenters. The predicted octanol–water partition coefficient (Wildman–Crippen LogP) is 4.52. The zero-order valence-corrected chi connectivity index (χ0v) is 16.1. The number of aryl methyl sites for hydroxylation is 2. The maximum Gasteiger partial charge on any atom is 0.257 e. The first-order chi connectivity index (χ1) is 13.7. The van der Waals surface area contributed by atoms with Gasteiger partial charge in [0.1, 0.15) is 11.6 Å². The van der Waals surface area contributed by atoms with E-state index in [9.17, 15) is 9.90 Å². The van der Waals surface area contributed by atoms with Gasteiger partial charge in [0.2, 0.25) is 0 Å². The SMILES string of the molecule is O=c1c2c(nc(-c3ccccc3O)n1CCc1ccccc1)CCCCCC2. The molecule has 144 valence electrons. The zero-order valence-electron chi connectivity index (χ0n) is 16.1. The Hall–Kier alpha value is -2.88. The summed E-state index contributed by atoms with van der Waals surface area (Å²) in [6, 6.07) is 17.3. The van der Waals surface area contributed by atoms with Gasteiger partial charge in [0.25, 0.3) is 5.56 Å². The molecule has 0 saturated heterocycles. The van der Waals surface area contributed by atoms with Crippen LogP contribution in [0.4, 0.5) is 0 Å². The molecule has 0 spiro atoms. The van der Waals surface area contributed by atoms with E-state index < -0.39 is 0 Å². The summed E-state index contributed by atoms with van der Waals surface area (Å²) in [6.07, 6.45) is 6.85. The number of hydrogen-bond donors (Lipinski definition) is 1. The fourth-order valence-electron chi connectivity index (χ4n) is 4.01. The van der Waals surface area contributed by atoms with Crippen molar-refractivity contribution in [2.75, 3.05) is 0 Å². The van der Waals surface area contributed by atoms with Crippen LogP contribution < -0.4 is 5.56 Å². The molecule has 1 aromatic heterocycles. The largest absolute Gasteiger partial charge is 0.507 e. The van der Waals surface area contributed by atoms with E-state index in [4.69, 9.17) is 4.98 Å². The standard InChI is InChI=1S/C24H26N2O2/c27-22-15-9-8-13-20(22)23-25-21-14-7-2-1-6-12-19(21)24(28)26(23)17-16-18-10-4-3-5-11-18/h3-5,8-11,13,15,27H,1-2,6-7,12,14,16-17H2. The van der Waals surface area contributed by atoms with Gasteiger partial charge >= 0.3 is 0 Å².